The number of carboxylic acid groups (broad SMARTS) is 1. The molecule has 0 aliphatic rings. The monoisotopic (exact) mass is 193 g/mol. The van der Waals surface area contributed by atoms with Crippen molar-refractivity contribution >= 4 is 5.97 Å². The lowest BCUT2D eigenvalue weighted by Gasteiger charge is -1.93. The Labute approximate surface area is 78.8 Å². The smallest absolute Gasteiger partial charge is 0.358 e. The molecule has 1 N–H and O–H groups in total. The first-order chi connectivity index (χ1) is 6.75. The average Bonchev–Trinajstić information content (AvgIpc) is 2.75. The first kappa shape index (κ1) is 8.49. The van der Waals surface area contributed by atoms with Gasteiger partial charge in [-0.05, 0) is 6.07 Å². The summed E-state index contributed by atoms with van der Waals surface area (Å²) in [6, 6.07) is 1.78. The number of nitrogens with zero attached hydrogens (tertiary/aromatic N) is 3. The van der Waals surface area contributed by atoms with Crippen LogP contribution in [0.3, 0.4) is 0 Å². The second-order valence-electron chi connectivity index (χ2n) is 2.74. The predicted octanol–water partition coefficient (Wildman–Crippen LogP) is 0.618. The fourth-order valence-corrected chi connectivity index (χ4v) is 1.04. The van der Waals surface area contributed by atoms with Crippen molar-refractivity contribution in [3.8, 4) is 0 Å². The van der Waals surface area contributed by atoms with Crippen LogP contribution in [0.1, 0.15) is 16.1 Å². The zero-order chi connectivity index (χ0) is 9.97. The van der Waals surface area contributed by atoms with E-state index in [4.69, 9.17) is 9.52 Å². The van der Waals surface area contributed by atoms with Crippen LogP contribution in [0, 0.1) is 0 Å². The molecule has 2 aromatic heterocycles. The van der Waals surface area contributed by atoms with Gasteiger partial charge in [-0.1, -0.05) is 5.21 Å². The maximum absolute atomic E-state index is 10.5. The van der Waals surface area contributed by atoms with E-state index < -0.39 is 5.97 Å². The molecule has 0 atom stereocenters. The number of rotatable bonds is 3. The van der Waals surface area contributed by atoms with Gasteiger partial charge in [0.15, 0.2) is 5.69 Å². The second-order valence-corrected chi connectivity index (χ2v) is 2.74. The lowest BCUT2D eigenvalue weighted by atomic mass is 10.3. The van der Waals surface area contributed by atoms with E-state index in [-0.39, 0.29) is 5.69 Å². The van der Waals surface area contributed by atoms with Gasteiger partial charge in [-0.25, -0.2) is 9.48 Å². The summed E-state index contributed by atoms with van der Waals surface area (Å²) in [6.45, 7) is 0.455. The van der Waals surface area contributed by atoms with Crippen LogP contribution in [0.15, 0.2) is 29.2 Å². The molecule has 72 valence electrons. The van der Waals surface area contributed by atoms with Crippen LogP contribution >= 0.6 is 0 Å². The van der Waals surface area contributed by atoms with Gasteiger partial charge in [0.05, 0.1) is 25.3 Å². The third-order valence-corrected chi connectivity index (χ3v) is 1.68. The third kappa shape index (κ3) is 1.63. The Hall–Kier alpha value is -2.11. The molecule has 2 aromatic rings. The third-order valence-electron chi connectivity index (χ3n) is 1.68. The molecule has 0 radical (unpaired) electrons. The van der Waals surface area contributed by atoms with Gasteiger partial charge in [-0.15, -0.1) is 5.10 Å². The molecule has 0 aliphatic carbocycles. The Morgan fingerprint density at radius 2 is 2.50 bits per heavy atom. The Kier molecular flexibility index (Phi) is 2.02. The second kappa shape index (κ2) is 3.33. The minimum Gasteiger partial charge on any atom is -0.476 e. The van der Waals surface area contributed by atoms with Crippen LogP contribution in [0.5, 0.6) is 0 Å². The van der Waals surface area contributed by atoms with E-state index in [2.05, 4.69) is 10.3 Å². The summed E-state index contributed by atoms with van der Waals surface area (Å²) in [4.78, 5) is 10.5. The standard InChI is InChI=1S/C8H7N3O3/c12-8(13)7-4-11(10-9-7)3-6-1-2-14-5-6/h1-2,4-5H,3H2,(H,12,13). The minimum absolute atomic E-state index is 0.0616. The molecule has 2 heterocycles. The average molecular weight is 193 g/mol. The normalized spacial score (nSPS) is 10.3. The molecule has 0 unspecified atom stereocenters. The highest BCUT2D eigenvalue weighted by atomic mass is 16.4. The number of aromatic nitrogens is 3. The number of hydrogen-bond acceptors (Lipinski definition) is 4. The molecule has 0 spiro atoms. The number of carboxylic acids is 1. The van der Waals surface area contributed by atoms with Crippen LogP contribution in [-0.4, -0.2) is 26.1 Å². The molecule has 2 rings (SSSR count). The van der Waals surface area contributed by atoms with E-state index >= 15 is 0 Å². The fraction of sp³-hybridized carbons (Fsp3) is 0.125. The molecule has 0 saturated carbocycles. The first-order valence-corrected chi connectivity index (χ1v) is 3.90. The summed E-state index contributed by atoms with van der Waals surface area (Å²) < 4.78 is 6.30. The minimum atomic E-state index is -1.08. The maximum atomic E-state index is 10.5. The van der Waals surface area contributed by atoms with Gasteiger partial charge in [-0.2, -0.15) is 0 Å². The Morgan fingerprint density at radius 1 is 1.64 bits per heavy atom. The predicted molar refractivity (Wildman–Crippen MR) is 44.8 cm³/mol. The summed E-state index contributed by atoms with van der Waals surface area (Å²) in [5.41, 5.74) is 0.848. The lowest BCUT2D eigenvalue weighted by molar-refractivity contribution is 0.0690. The van der Waals surface area contributed by atoms with Gasteiger partial charge in [0.25, 0.3) is 0 Å². The molecule has 0 fully saturated rings. The maximum Gasteiger partial charge on any atom is 0.358 e. The topological polar surface area (TPSA) is 81.1 Å². The van der Waals surface area contributed by atoms with Crippen LogP contribution in [0.4, 0.5) is 0 Å². The highest BCUT2D eigenvalue weighted by Crippen LogP contribution is 2.02. The van der Waals surface area contributed by atoms with Gasteiger partial charge in [0.2, 0.25) is 0 Å². The molecular weight excluding hydrogens is 186 g/mol. The van der Waals surface area contributed by atoms with Gasteiger partial charge < -0.3 is 9.52 Å². The van der Waals surface area contributed by atoms with Crippen molar-refractivity contribution in [1.29, 1.82) is 0 Å². The Morgan fingerprint density at radius 3 is 3.07 bits per heavy atom. The summed E-state index contributed by atoms with van der Waals surface area (Å²) in [5.74, 6) is -1.08. The Bertz CT molecular complexity index is 432. The molecular formula is C8H7N3O3. The van der Waals surface area contributed by atoms with Crippen molar-refractivity contribution < 1.29 is 14.3 Å². The lowest BCUT2D eigenvalue weighted by Crippen LogP contribution is -1.99. The molecule has 0 aliphatic heterocycles. The van der Waals surface area contributed by atoms with E-state index in [1.165, 1.54) is 10.9 Å². The van der Waals surface area contributed by atoms with Crippen molar-refractivity contribution in [2.75, 3.05) is 0 Å². The highest BCUT2D eigenvalue weighted by Gasteiger charge is 2.08. The van der Waals surface area contributed by atoms with Crippen molar-refractivity contribution in [2.45, 2.75) is 6.54 Å². The molecule has 0 amide bonds. The van der Waals surface area contributed by atoms with Crippen LogP contribution in [0.2, 0.25) is 0 Å². The number of aromatic carboxylic acids is 1. The fourth-order valence-electron chi connectivity index (χ4n) is 1.04. The summed E-state index contributed by atoms with van der Waals surface area (Å²) >= 11 is 0. The Balaban J connectivity index is 2.14. The van der Waals surface area contributed by atoms with Gasteiger partial charge in [-0.3, -0.25) is 0 Å². The largest absolute Gasteiger partial charge is 0.476 e. The summed E-state index contributed by atoms with van der Waals surface area (Å²) in [6.07, 6.45) is 4.49. The molecule has 14 heavy (non-hydrogen) atoms. The van der Waals surface area contributed by atoms with Gasteiger partial charge in [0.1, 0.15) is 0 Å². The zero-order valence-electron chi connectivity index (χ0n) is 7.12. The molecule has 0 bridgehead atoms. The van der Waals surface area contributed by atoms with Crippen LogP contribution in [0.25, 0.3) is 0 Å². The number of hydrogen-bond donors (Lipinski definition) is 1. The van der Waals surface area contributed by atoms with Crippen molar-refractivity contribution in [1.82, 2.24) is 15.0 Å². The quantitative estimate of drug-likeness (QED) is 0.772. The highest BCUT2D eigenvalue weighted by molar-refractivity contribution is 5.84. The van der Waals surface area contributed by atoms with Crippen LogP contribution in [-0.2, 0) is 6.54 Å². The first-order valence-electron chi connectivity index (χ1n) is 3.90. The van der Waals surface area contributed by atoms with E-state index in [0.717, 1.165) is 5.56 Å². The van der Waals surface area contributed by atoms with Crippen LogP contribution < -0.4 is 0 Å². The molecule has 6 heteroatoms. The van der Waals surface area contributed by atoms with E-state index in [0.29, 0.717) is 6.54 Å². The summed E-state index contributed by atoms with van der Waals surface area (Å²) in [7, 11) is 0. The molecule has 0 saturated heterocycles. The summed E-state index contributed by atoms with van der Waals surface area (Å²) in [5, 5.41) is 15.7. The van der Waals surface area contributed by atoms with Gasteiger partial charge >= 0.3 is 5.97 Å². The van der Waals surface area contributed by atoms with E-state index in [1.807, 2.05) is 0 Å². The van der Waals surface area contributed by atoms with Gasteiger partial charge in [0, 0.05) is 5.56 Å². The van der Waals surface area contributed by atoms with Crippen molar-refractivity contribution in [2.24, 2.45) is 0 Å². The number of furan rings is 1. The van der Waals surface area contributed by atoms with E-state index in [1.54, 1.807) is 18.6 Å². The molecule has 0 aromatic carbocycles. The molecule has 6 nitrogen and oxygen atoms in total. The van der Waals surface area contributed by atoms with E-state index in [9.17, 15) is 4.79 Å². The van der Waals surface area contributed by atoms with Crippen molar-refractivity contribution in [3.63, 3.8) is 0 Å². The zero-order valence-corrected chi connectivity index (χ0v) is 7.12. The SMILES string of the molecule is O=C(O)c1cn(Cc2ccoc2)nn1. The van der Waals surface area contributed by atoms with Crippen molar-refractivity contribution in [3.05, 3.63) is 36.0 Å². The number of carbonyl (C=O) groups is 1.